The molecule has 6 N–H and O–H groups in total. The Morgan fingerprint density at radius 3 is 2.32 bits per heavy atom. The number of aliphatic hydroxyl groups is 2. The minimum absolute atomic E-state index is 0.0586. The summed E-state index contributed by atoms with van der Waals surface area (Å²) >= 11 is 0. The van der Waals surface area contributed by atoms with Crippen LogP contribution in [0.1, 0.15) is 70.0 Å². The van der Waals surface area contributed by atoms with Gasteiger partial charge < -0.3 is 54.7 Å². The zero-order valence-corrected chi connectivity index (χ0v) is 37.8. The molecule has 5 aliphatic heterocycles. The molecule has 2 aromatic carbocycles. The Hall–Kier alpha value is -5.20. The van der Waals surface area contributed by atoms with Crippen LogP contribution in [0.15, 0.2) is 41.2 Å². The lowest BCUT2D eigenvalue weighted by Gasteiger charge is -2.45. The summed E-state index contributed by atoms with van der Waals surface area (Å²) in [5, 5.41) is 67.7. The van der Waals surface area contributed by atoms with Crippen molar-refractivity contribution in [2.75, 3.05) is 58.7 Å². The first-order chi connectivity index (χ1) is 29.7. The summed E-state index contributed by atoms with van der Waals surface area (Å²) in [7, 11) is 3.51. The molecule has 5 aliphatic rings. The number of amides is 1. The predicted octanol–water partition coefficient (Wildman–Crippen LogP) is 4.02. The average molecular weight is 878 g/mol. The first-order valence-corrected chi connectivity index (χ1v) is 21.5. The number of aliphatic hydroxyl groups excluding tert-OH is 2. The number of nitrogens with one attached hydrogen (secondary N) is 1. The lowest BCUT2D eigenvalue weighted by Crippen LogP contribution is -2.60. The number of ether oxygens (including phenoxy) is 4. The number of phenols is 3. The molecule has 1 amide bonds. The quantitative estimate of drug-likeness (QED) is 0.111. The van der Waals surface area contributed by atoms with Crippen LogP contribution in [0.25, 0.3) is 10.8 Å². The molecule has 0 aromatic heterocycles. The lowest BCUT2D eigenvalue weighted by atomic mass is 9.78. The smallest absolute Gasteiger partial charge is 0.312 e. The van der Waals surface area contributed by atoms with Gasteiger partial charge in [-0.1, -0.05) is 45.9 Å². The van der Waals surface area contributed by atoms with Gasteiger partial charge in [0.1, 0.15) is 23.4 Å². The van der Waals surface area contributed by atoms with Crippen LogP contribution in [0.4, 0.5) is 5.69 Å². The average Bonchev–Trinajstić information content (AvgIpc) is 3.51. The number of anilines is 1. The number of hydrogen-bond acceptors (Lipinski definition) is 16. The summed E-state index contributed by atoms with van der Waals surface area (Å²) in [6.07, 6.45) is 4.93. The normalized spacial score (nSPS) is 33.4. The second-order valence-corrected chi connectivity index (χ2v) is 17.7. The molecule has 1 unspecified atom stereocenters. The number of allylic oxidation sites excluding steroid dienone is 2. The van der Waals surface area contributed by atoms with Crippen LogP contribution in [0.5, 0.6) is 23.0 Å². The number of carbonyl (C=O) groups excluding carboxylic acids is 3. The Kier molecular flexibility index (Phi) is 14.2. The zero-order chi connectivity index (χ0) is 46.2. The van der Waals surface area contributed by atoms with Gasteiger partial charge in [0.15, 0.2) is 5.75 Å². The van der Waals surface area contributed by atoms with Gasteiger partial charge in [0.05, 0.1) is 59.5 Å². The second-order valence-electron chi connectivity index (χ2n) is 17.7. The van der Waals surface area contributed by atoms with Crippen LogP contribution >= 0.6 is 0 Å². The fourth-order valence-corrected chi connectivity index (χ4v) is 9.21. The van der Waals surface area contributed by atoms with E-state index in [0.717, 1.165) is 26.2 Å². The van der Waals surface area contributed by atoms with Gasteiger partial charge in [-0.05, 0) is 27.0 Å². The maximum absolute atomic E-state index is 14.6. The van der Waals surface area contributed by atoms with Crippen molar-refractivity contribution in [3.8, 4) is 23.0 Å². The number of phenolic OH excluding ortho intramolecular Hbond substituents is 3. The standard InChI is InChI=1S/C46H63N5O12/c1-23-12-11-13-24(2)45(59)48-36-31(20-47-51-18-17-50-16-15-49(9)21-30(50)22-51)40(56)33-34(41(36)57)39(55)28(6)43-35(33)44(58)46(8,63-43)61-19-14-32(60-10)25(3)42(62-29(7)52)27(5)38(54)26(4)37(23)53/h11-14,19-20,23,25-27,30,32,37-38,42,53-57H,15-18,21-22H2,1-10H3,(H,48,59)/b12-11+,19-14+,24-13-,47-20+/t23-,25+,26+,27+,30?,32-,37-,38+,42+,46-/m0/s1. The number of hydrazone groups is 1. The number of carbonyl (C=O) groups is 3. The molecule has 7 rings (SSSR count). The van der Waals surface area contributed by atoms with Crippen molar-refractivity contribution in [3.05, 3.63) is 52.8 Å². The van der Waals surface area contributed by atoms with Gasteiger partial charge in [-0.2, -0.15) is 5.10 Å². The van der Waals surface area contributed by atoms with E-state index in [-0.39, 0.29) is 50.5 Å². The third-order valence-corrected chi connectivity index (χ3v) is 13.3. The number of likely N-dealkylation sites (N-methyl/N-ethyl adjacent to an activating group) is 1. The first-order valence-electron chi connectivity index (χ1n) is 21.5. The van der Waals surface area contributed by atoms with Crippen molar-refractivity contribution in [2.45, 2.75) is 91.6 Å². The molecular formula is C46H63N5O12. The summed E-state index contributed by atoms with van der Waals surface area (Å²) in [6, 6.07) is 0.208. The number of methoxy groups -OCH3 is 1. The number of hydrogen-bond donors (Lipinski definition) is 6. The van der Waals surface area contributed by atoms with Crippen LogP contribution in [0, 0.1) is 30.6 Å². The number of esters is 1. The molecule has 2 saturated heterocycles. The number of ketones is 1. The number of Topliss-reactive ketones (excluding diaryl/α,β-unsaturated/α-hetero) is 1. The number of piperazine rings is 2. The SMILES string of the molecule is CO[C@H]1/C=C/O[C@@]2(C)Oc3c(C)c(O)c4c(O)c(c(/C=N/N5CCN6CCN(C)CC6C5)c(O)c4c3C2=O)NC(=O)/C(C)=C\C=C\[C@H](C)[C@H](O)[C@@H](C)[C@@H](O)[C@@H](C)[C@H](OC(C)=O)[C@@H]1C. The van der Waals surface area contributed by atoms with Crippen molar-refractivity contribution in [1.29, 1.82) is 0 Å². The summed E-state index contributed by atoms with van der Waals surface area (Å²) in [5.74, 6) is -8.33. The van der Waals surface area contributed by atoms with Crippen LogP contribution < -0.4 is 10.1 Å². The van der Waals surface area contributed by atoms with Crippen molar-refractivity contribution in [2.24, 2.45) is 28.8 Å². The highest BCUT2D eigenvalue weighted by Gasteiger charge is 2.50. The second kappa shape index (κ2) is 18.9. The van der Waals surface area contributed by atoms with Crippen LogP contribution in [0.2, 0.25) is 0 Å². The van der Waals surface area contributed by atoms with E-state index < -0.39 is 88.8 Å². The van der Waals surface area contributed by atoms with E-state index in [1.54, 1.807) is 39.8 Å². The predicted molar refractivity (Wildman–Crippen MR) is 236 cm³/mol. The van der Waals surface area contributed by atoms with Crippen molar-refractivity contribution in [1.82, 2.24) is 14.8 Å². The van der Waals surface area contributed by atoms with Gasteiger partial charge in [-0.3, -0.25) is 24.3 Å². The highest BCUT2D eigenvalue weighted by atomic mass is 16.7. The largest absolute Gasteiger partial charge is 0.507 e. The van der Waals surface area contributed by atoms with E-state index >= 15 is 0 Å². The molecule has 0 aliphatic carbocycles. The van der Waals surface area contributed by atoms with E-state index in [4.69, 9.17) is 24.0 Å². The van der Waals surface area contributed by atoms with E-state index in [1.165, 1.54) is 59.4 Å². The Morgan fingerprint density at radius 1 is 0.937 bits per heavy atom. The molecule has 2 aromatic rings. The molecule has 0 radical (unpaired) electrons. The van der Waals surface area contributed by atoms with Gasteiger partial charge in [0.25, 0.3) is 11.7 Å². The summed E-state index contributed by atoms with van der Waals surface area (Å²) in [6.45, 7) is 17.2. The maximum atomic E-state index is 14.6. The summed E-state index contributed by atoms with van der Waals surface area (Å²) in [5.41, 5.74) is -0.325. The third kappa shape index (κ3) is 9.25. The Morgan fingerprint density at radius 2 is 1.63 bits per heavy atom. The van der Waals surface area contributed by atoms with Gasteiger partial charge >= 0.3 is 11.8 Å². The molecule has 17 nitrogen and oxygen atoms in total. The lowest BCUT2D eigenvalue weighted by molar-refractivity contribution is -0.160. The Bertz CT molecular complexity index is 2220. The highest BCUT2D eigenvalue weighted by molar-refractivity contribution is 6.23. The number of fused-ring (bicyclic) bond motifs is 15. The van der Waals surface area contributed by atoms with E-state index in [1.807, 2.05) is 5.01 Å². The van der Waals surface area contributed by atoms with Crippen molar-refractivity contribution >= 4 is 40.3 Å². The zero-order valence-electron chi connectivity index (χ0n) is 37.8. The van der Waals surface area contributed by atoms with Crippen molar-refractivity contribution in [3.63, 3.8) is 0 Å². The summed E-state index contributed by atoms with van der Waals surface area (Å²) < 4.78 is 23.7. The fourth-order valence-electron chi connectivity index (χ4n) is 9.21. The van der Waals surface area contributed by atoms with E-state index in [2.05, 4.69) is 22.2 Å². The molecular weight excluding hydrogens is 815 g/mol. The molecule has 5 heterocycles. The van der Waals surface area contributed by atoms with Crippen LogP contribution in [-0.2, 0) is 23.8 Å². The molecule has 2 fully saturated rings. The molecule has 344 valence electrons. The molecule has 5 bridgehead atoms. The number of benzene rings is 2. The summed E-state index contributed by atoms with van der Waals surface area (Å²) in [4.78, 5) is 45.5. The third-order valence-electron chi connectivity index (χ3n) is 13.3. The fraction of sp³-hybridized carbons (Fsp3) is 0.565. The molecule has 0 spiro atoms. The van der Waals surface area contributed by atoms with E-state index in [9.17, 15) is 39.9 Å². The van der Waals surface area contributed by atoms with Gasteiger partial charge in [0.2, 0.25) is 0 Å². The topological polar surface area (TPSA) is 223 Å². The Balaban J connectivity index is 1.50. The highest BCUT2D eigenvalue weighted by Crippen LogP contribution is 2.55. The Labute approximate surface area is 368 Å². The minimum atomic E-state index is -2.05. The van der Waals surface area contributed by atoms with Crippen molar-refractivity contribution < 1.29 is 58.9 Å². The van der Waals surface area contributed by atoms with Crippen LogP contribution in [0.3, 0.4) is 0 Å². The number of nitrogens with zero attached hydrogens (tertiary/aromatic N) is 4. The minimum Gasteiger partial charge on any atom is -0.507 e. The number of aromatic hydroxyl groups is 3. The number of rotatable bonds is 4. The molecule has 17 heteroatoms. The van der Waals surface area contributed by atoms with Gasteiger partial charge in [-0.15, -0.1) is 0 Å². The van der Waals surface area contributed by atoms with Crippen LogP contribution in [-0.4, -0.2) is 154 Å². The monoisotopic (exact) mass is 877 g/mol. The molecule has 0 saturated carbocycles. The molecule has 10 atom stereocenters. The van der Waals surface area contributed by atoms with Gasteiger partial charge in [0, 0.05) is 99.9 Å². The molecule has 63 heavy (non-hydrogen) atoms. The van der Waals surface area contributed by atoms with E-state index in [0.29, 0.717) is 13.1 Å². The first kappa shape index (κ1) is 47.3. The maximum Gasteiger partial charge on any atom is 0.312 e. The van der Waals surface area contributed by atoms with Gasteiger partial charge in [-0.25, -0.2) is 0 Å².